The second-order valence-corrected chi connectivity index (χ2v) is 3.40. The summed E-state index contributed by atoms with van der Waals surface area (Å²) in [7, 11) is 0. The second kappa shape index (κ2) is 4.03. The fourth-order valence-electron chi connectivity index (χ4n) is 1.47. The molecule has 0 spiro atoms. The molecule has 1 atom stereocenters. The molecule has 0 aromatic carbocycles. The van der Waals surface area contributed by atoms with Crippen LogP contribution < -0.4 is 15.8 Å². The minimum absolute atomic E-state index is 0.0601. The third kappa shape index (κ3) is 1.82. The van der Waals surface area contributed by atoms with Crippen LogP contribution in [0.15, 0.2) is 0 Å². The van der Waals surface area contributed by atoms with Gasteiger partial charge in [-0.2, -0.15) is 0 Å². The smallest absolute Gasteiger partial charge is 0.281 e. The van der Waals surface area contributed by atoms with Crippen LogP contribution in [0.25, 0.3) is 0 Å². The van der Waals surface area contributed by atoms with Crippen molar-refractivity contribution < 1.29 is 14.6 Å². The summed E-state index contributed by atoms with van der Waals surface area (Å²) in [5.74, 6) is 0.705. The number of hydrogen-bond donors (Lipinski definition) is 3. The Bertz CT molecular complexity index is 435. The first kappa shape index (κ1) is 10.8. The quantitative estimate of drug-likeness (QED) is 0.590. The summed E-state index contributed by atoms with van der Waals surface area (Å²) < 4.78 is 5.21. The van der Waals surface area contributed by atoms with E-state index in [1.807, 2.05) is 0 Å². The van der Waals surface area contributed by atoms with Crippen molar-refractivity contribution in [3.8, 4) is 5.75 Å². The van der Waals surface area contributed by atoms with Crippen LogP contribution in [-0.4, -0.2) is 33.8 Å². The minimum Gasteiger partial charge on any atom is -0.460 e. The second-order valence-electron chi connectivity index (χ2n) is 3.40. The maximum Gasteiger partial charge on any atom is 0.281 e. The van der Waals surface area contributed by atoms with Crippen molar-refractivity contribution in [2.75, 3.05) is 11.9 Å². The molecule has 86 valence electrons. The molecule has 1 unspecified atom stereocenters. The summed E-state index contributed by atoms with van der Waals surface area (Å²) in [6.45, 7) is 1.64. The fourth-order valence-corrected chi connectivity index (χ4v) is 1.47. The van der Waals surface area contributed by atoms with Crippen molar-refractivity contribution in [2.24, 2.45) is 5.73 Å². The SMILES string of the molecule is Cc1nc(CCO)c2c(n1)NC(=O)C(N)O2. The normalized spacial score (nSPS) is 18.7. The summed E-state index contributed by atoms with van der Waals surface area (Å²) in [4.78, 5) is 19.4. The summed E-state index contributed by atoms with van der Waals surface area (Å²) >= 11 is 0. The van der Waals surface area contributed by atoms with E-state index in [9.17, 15) is 4.79 Å². The average molecular weight is 224 g/mol. The number of rotatable bonds is 2. The summed E-state index contributed by atoms with van der Waals surface area (Å²) in [6, 6.07) is 0. The third-order valence-electron chi connectivity index (χ3n) is 2.14. The number of fused-ring (bicyclic) bond motifs is 1. The predicted octanol–water partition coefficient (Wildman–Crippen LogP) is -1.06. The lowest BCUT2D eigenvalue weighted by Crippen LogP contribution is -2.44. The highest BCUT2D eigenvalue weighted by Crippen LogP contribution is 2.29. The molecule has 1 aliphatic heterocycles. The van der Waals surface area contributed by atoms with E-state index in [0.29, 0.717) is 29.5 Å². The highest BCUT2D eigenvalue weighted by atomic mass is 16.5. The first-order valence-electron chi connectivity index (χ1n) is 4.83. The van der Waals surface area contributed by atoms with E-state index in [-0.39, 0.29) is 6.61 Å². The molecule has 2 heterocycles. The van der Waals surface area contributed by atoms with Crippen LogP contribution in [0.2, 0.25) is 0 Å². The van der Waals surface area contributed by atoms with Crippen LogP contribution >= 0.6 is 0 Å². The average Bonchev–Trinajstić information content (AvgIpc) is 2.21. The number of carbonyl (C=O) groups excluding carboxylic acids is 1. The van der Waals surface area contributed by atoms with Gasteiger partial charge in [0, 0.05) is 13.0 Å². The Hall–Kier alpha value is -1.73. The van der Waals surface area contributed by atoms with Crippen LogP contribution in [-0.2, 0) is 11.2 Å². The van der Waals surface area contributed by atoms with Crippen molar-refractivity contribution in [1.29, 1.82) is 0 Å². The third-order valence-corrected chi connectivity index (χ3v) is 2.14. The van der Waals surface area contributed by atoms with Crippen molar-refractivity contribution >= 4 is 11.7 Å². The lowest BCUT2D eigenvalue weighted by molar-refractivity contribution is -0.123. The Labute approximate surface area is 91.6 Å². The van der Waals surface area contributed by atoms with Crippen molar-refractivity contribution in [3.05, 3.63) is 11.5 Å². The Morgan fingerprint density at radius 3 is 3.00 bits per heavy atom. The molecule has 0 saturated carbocycles. The Balaban J connectivity index is 2.45. The molecule has 1 amide bonds. The Morgan fingerprint density at radius 2 is 2.31 bits per heavy atom. The van der Waals surface area contributed by atoms with Gasteiger partial charge in [-0.05, 0) is 6.92 Å². The van der Waals surface area contributed by atoms with Gasteiger partial charge in [-0.25, -0.2) is 9.97 Å². The molecule has 0 aliphatic carbocycles. The van der Waals surface area contributed by atoms with Gasteiger partial charge in [0.25, 0.3) is 5.91 Å². The zero-order chi connectivity index (χ0) is 11.7. The van der Waals surface area contributed by atoms with Gasteiger partial charge in [0.1, 0.15) is 5.82 Å². The van der Waals surface area contributed by atoms with Gasteiger partial charge in [-0.3, -0.25) is 10.5 Å². The maximum absolute atomic E-state index is 11.3. The van der Waals surface area contributed by atoms with E-state index >= 15 is 0 Å². The van der Waals surface area contributed by atoms with E-state index in [0.717, 1.165) is 0 Å². The van der Waals surface area contributed by atoms with Gasteiger partial charge in [-0.1, -0.05) is 0 Å². The molecular weight excluding hydrogens is 212 g/mol. The number of hydrogen-bond acceptors (Lipinski definition) is 6. The first-order valence-corrected chi connectivity index (χ1v) is 4.83. The van der Waals surface area contributed by atoms with Gasteiger partial charge >= 0.3 is 0 Å². The number of nitrogens with two attached hydrogens (primary N) is 1. The molecule has 0 fully saturated rings. The van der Waals surface area contributed by atoms with E-state index in [4.69, 9.17) is 15.6 Å². The van der Waals surface area contributed by atoms with E-state index < -0.39 is 12.1 Å². The standard InChI is InChI=1S/C9H12N4O3/c1-4-11-5(2-3-14)6-8(12-4)13-9(15)7(10)16-6/h7,14H,2-3,10H2,1H3,(H,11,12,13,15). The van der Waals surface area contributed by atoms with Gasteiger partial charge < -0.3 is 15.2 Å². The zero-order valence-electron chi connectivity index (χ0n) is 8.73. The first-order chi connectivity index (χ1) is 7.61. The van der Waals surface area contributed by atoms with Gasteiger partial charge in [0.2, 0.25) is 6.23 Å². The number of amides is 1. The predicted molar refractivity (Wildman–Crippen MR) is 54.8 cm³/mol. The van der Waals surface area contributed by atoms with Gasteiger partial charge in [0.15, 0.2) is 11.6 Å². The fraction of sp³-hybridized carbons (Fsp3) is 0.444. The number of aromatic nitrogens is 2. The summed E-state index contributed by atoms with van der Waals surface area (Å²) in [5.41, 5.74) is 5.99. The molecule has 7 nitrogen and oxygen atoms in total. The molecule has 1 aromatic heterocycles. The number of nitrogens with one attached hydrogen (secondary N) is 1. The van der Waals surface area contributed by atoms with E-state index in [1.165, 1.54) is 0 Å². The zero-order valence-corrected chi connectivity index (χ0v) is 8.73. The van der Waals surface area contributed by atoms with Crippen LogP contribution in [0.1, 0.15) is 11.5 Å². The molecule has 1 aliphatic rings. The van der Waals surface area contributed by atoms with Gasteiger partial charge in [-0.15, -0.1) is 0 Å². The molecule has 4 N–H and O–H groups in total. The molecule has 2 rings (SSSR count). The molecule has 7 heteroatoms. The number of nitrogens with zero attached hydrogens (tertiary/aromatic N) is 2. The number of aryl methyl sites for hydroxylation is 1. The minimum atomic E-state index is -1.06. The monoisotopic (exact) mass is 224 g/mol. The highest BCUT2D eigenvalue weighted by molar-refractivity contribution is 5.96. The number of anilines is 1. The van der Waals surface area contributed by atoms with Crippen LogP contribution in [0.5, 0.6) is 5.75 Å². The Morgan fingerprint density at radius 1 is 1.56 bits per heavy atom. The lowest BCUT2D eigenvalue weighted by Gasteiger charge is -2.23. The molecule has 1 aromatic rings. The number of ether oxygens (including phenoxy) is 1. The van der Waals surface area contributed by atoms with Gasteiger partial charge in [0.05, 0.1) is 5.69 Å². The molecule has 0 radical (unpaired) electrons. The lowest BCUT2D eigenvalue weighted by atomic mass is 10.2. The number of aliphatic hydroxyl groups excluding tert-OH is 1. The van der Waals surface area contributed by atoms with Crippen LogP contribution in [0.3, 0.4) is 0 Å². The van der Waals surface area contributed by atoms with Crippen LogP contribution in [0, 0.1) is 6.92 Å². The maximum atomic E-state index is 11.3. The van der Waals surface area contributed by atoms with E-state index in [2.05, 4.69) is 15.3 Å². The van der Waals surface area contributed by atoms with E-state index in [1.54, 1.807) is 6.92 Å². The van der Waals surface area contributed by atoms with Crippen molar-refractivity contribution in [3.63, 3.8) is 0 Å². The Kier molecular flexibility index (Phi) is 2.71. The summed E-state index contributed by atoms with van der Waals surface area (Å²) in [5, 5.41) is 11.4. The number of aliphatic hydroxyl groups is 1. The highest BCUT2D eigenvalue weighted by Gasteiger charge is 2.28. The van der Waals surface area contributed by atoms with Crippen LogP contribution in [0.4, 0.5) is 5.82 Å². The van der Waals surface area contributed by atoms with Crippen molar-refractivity contribution in [2.45, 2.75) is 19.6 Å². The van der Waals surface area contributed by atoms with Crippen molar-refractivity contribution in [1.82, 2.24) is 9.97 Å². The molecular formula is C9H12N4O3. The molecule has 0 saturated heterocycles. The molecule has 16 heavy (non-hydrogen) atoms. The number of carbonyl (C=O) groups is 1. The summed E-state index contributed by atoms with van der Waals surface area (Å²) in [6.07, 6.45) is -0.731. The largest absolute Gasteiger partial charge is 0.460 e. The topological polar surface area (TPSA) is 110 Å². The molecule has 0 bridgehead atoms.